The Hall–Kier alpha value is -2.84. The average Bonchev–Trinajstić information content (AvgIpc) is 3.13. The number of amides is 1. The summed E-state index contributed by atoms with van der Waals surface area (Å²) in [5, 5.41) is 19.0. The van der Waals surface area contributed by atoms with Gasteiger partial charge in [0, 0.05) is 32.1 Å². The number of anilines is 1. The average molecular weight is 361 g/mol. The fraction of sp³-hybridized carbons (Fsp3) is 0.364. The lowest BCUT2D eigenvalue weighted by Crippen LogP contribution is -2.48. The number of nitriles is 1. The van der Waals surface area contributed by atoms with Gasteiger partial charge in [-0.05, 0) is 47.4 Å². The van der Waals surface area contributed by atoms with Crippen LogP contribution in [0.3, 0.4) is 0 Å². The van der Waals surface area contributed by atoms with Gasteiger partial charge in [0.1, 0.15) is 0 Å². The zero-order valence-corrected chi connectivity index (χ0v) is 15.6. The number of hydrogen-bond donors (Lipinski definition) is 1. The minimum absolute atomic E-state index is 0.00387. The van der Waals surface area contributed by atoms with Crippen LogP contribution in [0.25, 0.3) is 11.1 Å². The molecule has 2 aromatic rings. The maximum Gasteiger partial charge on any atom is 0.219 e. The van der Waals surface area contributed by atoms with Crippen molar-refractivity contribution in [1.29, 1.82) is 5.26 Å². The molecule has 5 heteroatoms. The summed E-state index contributed by atoms with van der Waals surface area (Å²) in [6.07, 6.45) is 0.903. The Morgan fingerprint density at radius 1 is 1.22 bits per heavy atom. The Morgan fingerprint density at radius 3 is 2.56 bits per heavy atom. The van der Waals surface area contributed by atoms with Crippen LogP contribution in [-0.4, -0.2) is 42.2 Å². The molecule has 1 fully saturated rings. The van der Waals surface area contributed by atoms with Crippen LogP contribution in [0.4, 0.5) is 5.69 Å². The van der Waals surface area contributed by atoms with E-state index in [1.807, 2.05) is 36.2 Å². The molecule has 4 rings (SSSR count). The smallest absolute Gasteiger partial charge is 0.219 e. The second-order valence-corrected chi connectivity index (χ2v) is 7.43. The number of carbonyl (C=O) groups is 1. The van der Waals surface area contributed by atoms with Crippen molar-refractivity contribution >= 4 is 11.6 Å². The van der Waals surface area contributed by atoms with E-state index < -0.39 is 0 Å². The van der Waals surface area contributed by atoms with Gasteiger partial charge in [0.05, 0.1) is 30.3 Å². The molecular formula is C22H23N3O2. The lowest BCUT2D eigenvalue weighted by atomic mass is 9.81. The highest BCUT2D eigenvalue weighted by molar-refractivity contribution is 5.77. The van der Waals surface area contributed by atoms with Gasteiger partial charge < -0.3 is 14.9 Å². The van der Waals surface area contributed by atoms with E-state index in [0.717, 1.165) is 35.3 Å². The van der Waals surface area contributed by atoms with Crippen LogP contribution in [0, 0.1) is 17.2 Å². The molecule has 2 heterocycles. The Kier molecular flexibility index (Phi) is 4.37. The van der Waals surface area contributed by atoms with Crippen molar-refractivity contribution in [3.05, 3.63) is 53.6 Å². The summed E-state index contributed by atoms with van der Waals surface area (Å²) in [6, 6.07) is 16.0. The lowest BCUT2D eigenvalue weighted by molar-refractivity contribution is -0.130. The quantitative estimate of drug-likeness (QED) is 0.893. The van der Waals surface area contributed by atoms with E-state index in [4.69, 9.17) is 5.26 Å². The number of likely N-dealkylation sites (tertiary alicyclic amines) is 1. The lowest BCUT2D eigenvalue weighted by Gasteiger charge is -2.44. The van der Waals surface area contributed by atoms with Gasteiger partial charge in [-0.2, -0.15) is 5.26 Å². The van der Waals surface area contributed by atoms with Gasteiger partial charge in [-0.1, -0.05) is 18.2 Å². The highest BCUT2D eigenvalue weighted by Gasteiger charge is 2.46. The predicted octanol–water partition coefficient (Wildman–Crippen LogP) is 2.95. The van der Waals surface area contributed by atoms with Crippen LogP contribution in [0.2, 0.25) is 0 Å². The highest BCUT2D eigenvalue weighted by Crippen LogP contribution is 2.49. The number of aliphatic hydroxyl groups excluding tert-OH is 1. The second kappa shape index (κ2) is 6.71. The molecule has 1 amide bonds. The summed E-state index contributed by atoms with van der Waals surface area (Å²) in [7, 11) is 2.02. The molecule has 3 atom stereocenters. The molecule has 5 nitrogen and oxygen atoms in total. The summed E-state index contributed by atoms with van der Waals surface area (Å²) in [5.74, 6) is 0.311. The van der Waals surface area contributed by atoms with Gasteiger partial charge in [0.15, 0.2) is 0 Å². The minimum atomic E-state index is 0.00387. The standard InChI is InChI=1S/C22H23N3O2/c1-14(27)25-10-9-18-21(13-26)24(2)20-8-7-17(11-19(20)22(18)25)16-5-3-15(12-23)4-6-16/h3-8,11,18,21-22,26H,9-10,13H2,1-2H3/t18-,21+,22-/m0/s1. The maximum atomic E-state index is 12.2. The number of likely N-dealkylation sites (N-methyl/N-ethyl adjacent to an activating group) is 1. The molecule has 2 aliphatic rings. The number of carbonyl (C=O) groups excluding carboxylic acids is 1. The summed E-state index contributed by atoms with van der Waals surface area (Å²) in [5.41, 5.74) is 4.97. The minimum Gasteiger partial charge on any atom is -0.394 e. The SMILES string of the molecule is CC(=O)N1CC[C@@H]2[C@H]1c1cc(-c3ccc(C#N)cc3)ccc1N(C)[C@@H]2CO. The largest absolute Gasteiger partial charge is 0.394 e. The summed E-state index contributed by atoms with van der Waals surface area (Å²) in [6.45, 7) is 2.44. The van der Waals surface area contributed by atoms with Gasteiger partial charge in [-0.3, -0.25) is 4.79 Å². The van der Waals surface area contributed by atoms with Gasteiger partial charge >= 0.3 is 0 Å². The van der Waals surface area contributed by atoms with Crippen LogP contribution in [-0.2, 0) is 4.79 Å². The topological polar surface area (TPSA) is 67.6 Å². The number of fused-ring (bicyclic) bond motifs is 3. The van der Waals surface area contributed by atoms with E-state index in [1.54, 1.807) is 6.92 Å². The molecule has 2 aromatic carbocycles. The van der Waals surface area contributed by atoms with Crippen molar-refractivity contribution < 1.29 is 9.90 Å². The predicted molar refractivity (Wildman–Crippen MR) is 104 cm³/mol. The molecule has 1 saturated heterocycles. The third-order valence-electron chi connectivity index (χ3n) is 6.10. The maximum absolute atomic E-state index is 12.2. The van der Waals surface area contributed by atoms with E-state index >= 15 is 0 Å². The van der Waals surface area contributed by atoms with E-state index in [1.165, 1.54) is 0 Å². The van der Waals surface area contributed by atoms with Gasteiger partial charge in [-0.15, -0.1) is 0 Å². The Balaban J connectivity index is 1.82. The third-order valence-corrected chi connectivity index (χ3v) is 6.10. The number of hydrogen-bond acceptors (Lipinski definition) is 4. The first-order valence-corrected chi connectivity index (χ1v) is 9.30. The van der Waals surface area contributed by atoms with E-state index in [-0.39, 0.29) is 30.5 Å². The Morgan fingerprint density at radius 2 is 1.93 bits per heavy atom. The number of rotatable bonds is 2. The molecule has 0 aliphatic carbocycles. The van der Waals surface area contributed by atoms with Gasteiger partial charge in [0.2, 0.25) is 5.91 Å². The number of nitrogens with zero attached hydrogens (tertiary/aromatic N) is 3. The van der Waals surface area contributed by atoms with Crippen LogP contribution in [0.1, 0.15) is 30.5 Å². The van der Waals surface area contributed by atoms with Crippen molar-refractivity contribution in [2.45, 2.75) is 25.4 Å². The van der Waals surface area contributed by atoms with Crippen LogP contribution in [0.15, 0.2) is 42.5 Å². The van der Waals surface area contributed by atoms with Gasteiger partial charge in [-0.25, -0.2) is 0 Å². The normalized spacial score (nSPS) is 23.6. The molecular weight excluding hydrogens is 338 g/mol. The molecule has 0 radical (unpaired) electrons. The van der Waals surface area contributed by atoms with Crippen molar-refractivity contribution in [3.63, 3.8) is 0 Å². The molecule has 2 aliphatic heterocycles. The molecule has 0 bridgehead atoms. The first kappa shape index (κ1) is 17.6. The van der Waals surface area contributed by atoms with E-state index in [2.05, 4.69) is 29.2 Å². The molecule has 27 heavy (non-hydrogen) atoms. The van der Waals surface area contributed by atoms with Crippen molar-refractivity contribution in [1.82, 2.24) is 4.90 Å². The molecule has 1 N–H and O–H groups in total. The van der Waals surface area contributed by atoms with Crippen molar-refractivity contribution in [2.24, 2.45) is 5.92 Å². The fourth-order valence-electron chi connectivity index (χ4n) is 4.72. The zero-order valence-electron chi connectivity index (χ0n) is 15.6. The first-order chi connectivity index (χ1) is 13.0. The van der Waals surface area contributed by atoms with Gasteiger partial charge in [0.25, 0.3) is 0 Å². The van der Waals surface area contributed by atoms with Crippen molar-refractivity contribution in [2.75, 3.05) is 25.1 Å². The van der Waals surface area contributed by atoms with Crippen LogP contribution in [0.5, 0.6) is 0 Å². The fourth-order valence-corrected chi connectivity index (χ4v) is 4.72. The highest BCUT2D eigenvalue weighted by atomic mass is 16.3. The van der Waals surface area contributed by atoms with Crippen LogP contribution < -0.4 is 4.90 Å². The monoisotopic (exact) mass is 361 g/mol. The summed E-state index contributed by atoms with van der Waals surface area (Å²) >= 11 is 0. The zero-order chi connectivity index (χ0) is 19.1. The summed E-state index contributed by atoms with van der Waals surface area (Å²) in [4.78, 5) is 16.3. The number of aliphatic hydroxyl groups is 1. The first-order valence-electron chi connectivity index (χ1n) is 9.30. The van der Waals surface area contributed by atoms with E-state index in [0.29, 0.717) is 5.56 Å². The molecule has 0 spiro atoms. The van der Waals surface area contributed by atoms with Crippen molar-refractivity contribution in [3.8, 4) is 17.2 Å². The second-order valence-electron chi connectivity index (χ2n) is 7.43. The van der Waals surface area contributed by atoms with Crippen LogP contribution >= 0.6 is 0 Å². The Bertz CT molecular complexity index is 916. The molecule has 0 unspecified atom stereocenters. The number of benzene rings is 2. The Labute approximate surface area is 159 Å². The molecule has 138 valence electrons. The molecule has 0 saturated carbocycles. The van der Waals surface area contributed by atoms with E-state index in [9.17, 15) is 9.90 Å². The summed E-state index contributed by atoms with van der Waals surface area (Å²) < 4.78 is 0. The molecule has 0 aromatic heterocycles. The third kappa shape index (κ3) is 2.77.